The maximum absolute atomic E-state index is 5.29. The van der Waals surface area contributed by atoms with Crippen molar-refractivity contribution in [2.75, 3.05) is 13.2 Å². The molecule has 0 bridgehead atoms. The van der Waals surface area contributed by atoms with Gasteiger partial charge in [0, 0.05) is 44.1 Å². The molecule has 1 aromatic heterocycles. The third-order valence-electron chi connectivity index (χ3n) is 2.28. The van der Waals surface area contributed by atoms with E-state index in [-0.39, 0.29) is 0 Å². The third kappa shape index (κ3) is 5.28. The Hall–Kier alpha value is -0.870. The molecule has 0 atom stereocenters. The van der Waals surface area contributed by atoms with Crippen molar-refractivity contribution in [3.8, 4) is 0 Å². The summed E-state index contributed by atoms with van der Waals surface area (Å²) in [4.78, 5) is 0. The highest BCUT2D eigenvalue weighted by molar-refractivity contribution is 5.03. The molecule has 1 heterocycles. The van der Waals surface area contributed by atoms with E-state index in [0.717, 1.165) is 32.7 Å². The molecule has 92 valence electrons. The normalized spacial score (nSPS) is 11.2. The molecule has 0 aliphatic heterocycles. The zero-order chi connectivity index (χ0) is 11.8. The van der Waals surface area contributed by atoms with Gasteiger partial charge in [0.05, 0.1) is 6.20 Å². The Bertz CT molecular complexity index is 284. The van der Waals surface area contributed by atoms with Gasteiger partial charge in [0.15, 0.2) is 0 Å². The Balaban J connectivity index is 2.22. The first-order valence-electron chi connectivity index (χ1n) is 6.04. The lowest BCUT2D eigenvalue weighted by atomic mass is 10.3. The highest BCUT2D eigenvalue weighted by Crippen LogP contribution is 1.99. The number of rotatable bonds is 8. The van der Waals surface area contributed by atoms with E-state index in [2.05, 4.69) is 30.5 Å². The first-order chi connectivity index (χ1) is 7.72. The molecule has 0 saturated carbocycles. The summed E-state index contributed by atoms with van der Waals surface area (Å²) in [5, 5.41) is 7.69. The number of nitrogens with zero attached hydrogens (tertiary/aromatic N) is 2. The molecule has 0 radical (unpaired) electrons. The summed E-state index contributed by atoms with van der Waals surface area (Å²) >= 11 is 0. The van der Waals surface area contributed by atoms with Crippen molar-refractivity contribution in [2.45, 2.75) is 46.3 Å². The third-order valence-corrected chi connectivity index (χ3v) is 2.28. The quantitative estimate of drug-likeness (QED) is 0.686. The van der Waals surface area contributed by atoms with Crippen LogP contribution in [-0.4, -0.2) is 29.0 Å². The average molecular weight is 225 g/mol. The van der Waals surface area contributed by atoms with Gasteiger partial charge in [-0.25, -0.2) is 0 Å². The summed E-state index contributed by atoms with van der Waals surface area (Å²) in [7, 11) is 0. The summed E-state index contributed by atoms with van der Waals surface area (Å²) in [6, 6.07) is 0.515. The predicted octanol–water partition coefficient (Wildman–Crippen LogP) is 1.81. The SMILES string of the molecule is CCOCCCn1cc(CNC(C)C)cn1. The predicted molar refractivity (Wildman–Crippen MR) is 65.3 cm³/mol. The Morgan fingerprint density at radius 1 is 1.50 bits per heavy atom. The number of ether oxygens (including phenoxy) is 1. The standard InChI is InChI=1S/C12H23N3O/c1-4-16-7-5-6-15-10-12(9-14-15)8-13-11(2)3/h9-11,13H,4-8H2,1-3H3. The average Bonchev–Trinajstić information content (AvgIpc) is 2.70. The summed E-state index contributed by atoms with van der Waals surface area (Å²) < 4.78 is 7.27. The molecule has 4 nitrogen and oxygen atoms in total. The van der Waals surface area contributed by atoms with Gasteiger partial charge in [0.25, 0.3) is 0 Å². The largest absolute Gasteiger partial charge is 0.382 e. The molecular weight excluding hydrogens is 202 g/mol. The second-order valence-electron chi connectivity index (χ2n) is 4.20. The van der Waals surface area contributed by atoms with E-state index < -0.39 is 0 Å². The number of aromatic nitrogens is 2. The lowest BCUT2D eigenvalue weighted by Gasteiger charge is -2.05. The highest BCUT2D eigenvalue weighted by Gasteiger charge is 1.99. The van der Waals surface area contributed by atoms with Crippen molar-refractivity contribution in [1.29, 1.82) is 0 Å². The van der Waals surface area contributed by atoms with E-state index in [1.54, 1.807) is 0 Å². The molecule has 0 saturated heterocycles. The summed E-state index contributed by atoms with van der Waals surface area (Å²) in [6.45, 7) is 9.74. The summed E-state index contributed by atoms with van der Waals surface area (Å²) in [5.41, 5.74) is 1.24. The molecule has 16 heavy (non-hydrogen) atoms. The van der Waals surface area contributed by atoms with Crippen LogP contribution in [0, 0.1) is 0 Å². The molecule has 0 fully saturated rings. The molecule has 1 rings (SSSR count). The highest BCUT2D eigenvalue weighted by atomic mass is 16.5. The van der Waals surface area contributed by atoms with Crippen molar-refractivity contribution >= 4 is 0 Å². The van der Waals surface area contributed by atoms with Gasteiger partial charge in [-0.2, -0.15) is 5.10 Å². The molecule has 4 heteroatoms. The van der Waals surface area contributed by atoms with Gasteiger partial charge in [-0.1, -0.05) is 13.8 Å². The van der Waals surface area contributed by atoms with Crippen LogP contribution in [0.1, 0.15) is 32.8 Å². The maximum Gasteiger partial charge on any atom is 0.0534 e. The van der Waals surface area contributed by atoms with E-state index in [4.69, 9.17) is 4.74 Å². The van der Waals surface area contributed by atoms with Crippen molar-refractivity contribution in [1.82, 2.24) is 15.1 Å². The molecule has 0 spiro atoms. The first-order valence-corrected chi connectivity index (χ1v) is 6.04. The Labute approximate surface area is 98.0 Å². The second kappa shape index (κ2) is 7.41. The molecule has 0 aromatic carbocycles. The van der Waals surface area contributed by atoms with Crippen molar-refractivity contribution in [3.63, 3.8) is 0 Å². The lowest BCUT2D eigenvalue weighted by Crippen LogP contribution is -2.21. The van der Waals surface area contributed by atoms with Gasteiger partial charge >= 0.3 is 0 Å². The minimum absolute atomic E-state index is 0.515. The fourth-order valence-electron chi connectivity index (χ4n) is 1.41. The number of hydrogen-bond donors (Lipinski definition) is 1. The second-order valence-corrected chi connectivity index (χ2v) is 4.20. The van der Waals surface area contributed by atoms with Gasteiger partial charge in [-0.3, -0.25) is 4.68 Å². The smallest absolute Gasteiger partial charge is 0.0534 e. The maximum atomic E-state index is 5.29. The van der Waals surface area contributed by atoms with E-state index in [1.165, 1.54) is 5.56 Å². The number of hydrogen-bond acceptors (Lipinski definition) is 3. The van der Waals surface area contributed by atoms with Crippen LogP contribution < -0.4 is 5.32 Å². The monoisotopic (exact) mass is 225 g/mol. The molecule has 0 aliphatic carbocycles. The lowest BCUT2D eigenvalue weighted by molar-refractivity contribution is 0.141. The van der Waals surface area contributed by atoms with Crippen LogP contribution in [0.2, 0.25) is 0 Å². The van der Waals surface area contributed by atoms with Crippen LogP contribution in [0.25, 0.3) is 0 Å². The van der Waals surface area contributed by atoms with E-state index in [9.17, 15) is 0 Å². The zero-order valence-corrected chi connectivity index (χ0v) is 10.6. The topological polar surface area (TPSA) is 39.1 Å². The van der Waals surface area contributed by atoms with E-state index in [1.807, 2.05) is 17.8 Å². The molecule has 0 aliphatic rings. The van der Waals surface area contributed by atoms with Gasteiger partial charge in [0.2, 0.25) is 0 Å². The van der Waals surface area contributed by atoms with Crippen molar-refractivity contribution in [2.24, 2.45) is 0 Å². The van der Waals surface area contributed by atoms with Crippen LogP contribution in [0.5, 0.6) is 0 Å². The van der Waals surface area contributed by atoms with E-state index in [0.29, 0.717) is 6.04 Å². The molecule has 0 amide bonds. The fraction of sp³-hybridized carbons (Fsp3) is 0.750. The number of aryl methyl sites for hydroxylation is 1. The van der Waals surface area contributed by atoms with Crippen molar-refractivity contribution in [3.05, 3.63) is 18.0 Å². The molecule has 1 N–H and O–H groups in total. The van der Waals surface area contributed by atoms with Crippen molar-refractivity contribution < 1.29 is 4.74 Å². The zero-order valence-electron chi connectivity index (χ0n) is 10.6. The Kier molecular flexibility index (Phi) is 6.11. The van der Waals surface area contributed by atoms with Gasteiger partial charge in [-0.15, -0.1) is 0 Å². The van der Waals surface area contributed by atoms with Crippen LogP contribution in [0.3, 0.4) is 0 Å². The first kappa shape index (κ1) is 13.2. The number of nitrogens with one attached hydrogen (secondary N) is 1. The van der Waals surface area contributed by atoms with Crippen LogP contribution in [0.4, 0.5) is 0 Å². The summed E-state index contributed by atoms with van der Waals surface area (Å²) in [5.74, 6) is 0. The van der Waals surface area contributed by atoms with Gasteiger partial charge in [-0.05, 0) is 13.3 Å². The Morgan fingerprint density at radius 3 is 3.00 bits per heavy atom. The summed E-state index contributed by atoms with van der Waals surface area (Å²) in [6.07, 6.45) is 5.05. The minimum Gasteiger partial charge on any atom is -0.382 e. The van der Waals surface area contributed by atoms with Crippen LogP contribution in [0.15, 0.2) is 12.4 Å². The molecule has 1 aromatic rings. The van der Waals surface area contributed by atoms with Gasteiger partial charge < -0.3 is 10.1 Å². The fourth-order valence-corrected chi connectivity index (χ4v) is 1.41. The Morgan fingerprint density at radius 2 is 2.31 bits per heavy atom. The molecular formula is C12H23N3O. The minimum atomic E-state index is 0.515. The van der Waals surface area contributed by atoms with Crippen LogP contribution in [-0.2, 0) is 17.8 Å². The van der Waals surface area contributed by atoms with E-state index >= 15 is 0 Å². The van der Waals surface area contributed by atoms with Crippen LogP contribution >= 0.6 is 0 Å². The molecule has 0 unspecified atom stereocenters. The van der Waals surface area contributed by atoms with Gasteiger partial charge in [0.1, 0.15) is 0 Å².